The number of rotatable bonds is 9. The minimum absolute atomic E-state index is 0.742. The second-order valence-electron chi connectivity index (χ2n) is 6.56. The molecule has 164 valence electrons. The van der Waals surface area contributed by atoms with Gasteiger partial charge in [-0.05, 0) is 36.4 Å². The Morgan fingerprint density at radius 3 is 1.13 bits per heavy atom. The summed E-state index contributed by atoms with van der Waals surface area (Å²) in [5.74, 6) is 2.97. The van der Waals surface area contributed by atoms with Crippen LogP contribution in [0.1, 0.15) is 0 Å². The third kappa shape index (κ3) is 4.21. The Hall–Kier alpha value is -3.11. The van der Waals surface area contributed by atoms with E-state index in [1.807, 2.05) is 56.6 Å². The van der Waals surface area contributed by atoms with E-state index in [2.05, 4.69) is 22.8 Å². The first-order valence-corrected chi connectivity index (χ1v) is 11.2. The zero-order chi connectivity index (χ0) is 22.4. The van der Waals surface area contributed by atoms with Crippen LogP contribution >= 0.6 is 7.92 Å². The molecule has 3 rings (SSSR count). The van der Waals surface area contributed by atoms with Crippen LogP contribution in [-0.2, 0) is 0 Å². The number of methoxy groups -OCH3 is 4. The van der Waals surface area contributed by atoms with Crippen LogP contribution in [0.2, 0.25) is 0 Å². The normalized spacial score (nSPS) is 10.5. The van der Waals surface area contributed by atoms with E-state index in [1.165, 1.54) is 0 Å². The predicted molar refractivity (Wildman–Crippen MR) is 130 cm³/mol. The summed E-state index contributed by atoms with van der Waals surface area (Å²) < 4.78 is 23.3. The molecule has 0 atom stereocenters. The first-order valence-electron chi connectivity index (χ1n) is 9.85. The predicted octanol–water partition coefficient (Wildman–Crippen LogP) is 3.56. The van der Waals surface area contributed by atoms with E-state index >= 15 is 0 Å². The highest BCUT2D eigenvalue weighted by Gasteiger charge is 2.33. The minimum Gasteiger partial charge on any atom is -0.496 e. The summed E-state index contributed by atoms with van der Waals surface area (Å²) >= 11 is 0. The Morgan fingerprint density at radius 2 is 0.839 bits per heavy atom. The third-order valence-electron chi connectivity index (χ3n) is 5.05. The molecule has 0 radical (unpaired) electrons. The van der Waals surface area contributed by atoms with Gasteiger partial charge in [-0.25, -0.2) is 0 Å². The average Bonchev–Trinajstić information content (AvgIpc) is 2.83. The van der Waals surface area contributed by atoms with Crippen molar-refractivity contribution in [1.29, 1.82) is 0 Å². The van der Waals surface area contributed by atoms with E-state index in [-0.39, 0.29) is 0 Å². The highest BCUT2D eigenvalue weighted by Crippen LogP contribution is 2.48. The molecular weight excluding hydrogens is 411 g/mol. The van der Waals surface area contributed by atoms with Crippen molar-refractivity contribution in [2.24, 2.45) is 0 Å². The van der Waals surface area contributed by atoms with E-state index in [9.17, 15) is 0 Å². The smallest absolute Gasteiger partial charge is 0.130 e. The molecule has 0 aliphatic heterocycles. The van der Waals surface area contributed by atoms with Gasteiger partial charge in [-0.3, -0.25) is 0 Å². The zero-order valence-corrected chi connectivity index (χ0v) is 19.7. The van der Waals surface area contributed by atoms with Crippen LogP contribution < -0.4 is 45.5 Å². The number of hydrogen-bond donors (Lipinski definition) is 2. The molecule has 0 spiro atoms. The highest BCUT2D eigenvalue weighted by molar-refractivity contribution is 7.81. The molecule has 3 aromatic carbocycles. The number of ether oxygens (including phenoxy) is 4. The highest BCUT2D eigenvalue weighted by atomic mass is 31.1. The fourth-order valence-corrected chi connectivity index (χ4v) is 6.70. The maximum absolute atomic E-state index is 5.82. The topological polar surface area (TPSA) is 61.0 Å². The lowest BCUT2D eigenvalue weighted by Crippen LogP contribution is -2.28. The molecule has 0 aliphatic rings. The van der Waals surface area contributed by atoms with E-state index < -0.39 is 7.92 Å². The summed E-state index contributed by atoms with van der Waals surface area (Å²) in [5.41, 5.74) is 2.00. The summed E-state index contributed by atoms with van der Waals surface area (Å²) in [4.78, 5) is 0. The average molecular weight is 440 g/mol. The molecule has 0 bridgehead atoms. The van der Waals surface area contributed by atoms with Gasteiger partial charge >= 0.3 is 0 Å². The van der Waals surface area contributed by atoms with Crippen molar-refractivity contribution in [1.82, 2.24) is 0 Å². The lowest BCUT2D eigenvalue weighted by molar-refractivity contribution is 0.399. The van der Waals surface area contributed by atoms with Gasteiger partial charge < -0.3 is 29.6 Å². The van der Waals surface area contributed by atoms with Gasteiger partial charge in [-0.1, -0.05) is 18.2 Å². The summed E-state index contributed by atoms with van der Waals surface area (Å²) in [6.45, 7) is 0. The van der Waals surface area contributed by atoms with Crippen LogP contribution in [0.4, 0.5) is 11.4 Å². The number of benzene rings is 3. The molecule has 3 aromatic rings. The van der Waals surface area contributed by atoms with Crippen LogP contribution in [0.3, 0.4) is 0 Å². The van der Waals surface area contributed by atoms with Crippen molar-refractivity contribution in [3.8, 4) is 23.0 Å². The molecule has 31 heavy (non-hydrogen) atoms. The Kier molecular flexibility index (Phi) is 7.48. The van der Waals surface area contributed by atoms with Gasteiger partial charge in [0.15, 0.2) is 0 Å². The molecule has 0 fully saturated rings. The van der Waals surface area contributed by atoms with Crippen LogP contribution in [0, 0.1) is 0 Å². The van der Waals surface area contributed by atoms with Crippen molar-refractivity contribution < 1.29 is 18.9 Å². The molecule has 0 unspecified atom stereocenters. The molecule has 0 heterocycles. The maximum Gasteiger partial charge on any atom is 0.130 e. The lowest BCUT2D eigenvalue weighted by Gasteiger charge is -2.29. The van der Waals surface area contributed by atoms with Crippen molar-refractivity contribution in [2.75, 3.05) is 53.2 Å². The first kappa shape index (κ1) is 22.6. The summed E-state index contributed by atoms with van der Waals surface area (Å²) in [6, 6.07) is 17.8. The lowest BCUT2D eigenvalue weighted by atomic mass is 10.2. The van der Waals surface area contributed by atoms with Crippen LogP contribution in [0.25, 0.3) is 0 Å². The van der Waals surface area contributed by atoms with Gasteiger partial charge in [0.25, 0.3) is 0 Å². The van der Waals surface area contributed by atoms with E-state index in [0.717, 1.165) is 50.3 Å². The minimum atomic E-state index is -1.23. The molecule has 0 saturated carbocycles. The largest absolute Gasteiger partial charge is 0.496 e. The number of nitrogens with one attached hydrogen (secondary N) is 2. The van der Waals surface area contributed by atoms with Crippen molar-refractivity contribution in [2.45, 2.75) is 0 Å². The Bertz CT molecular complexity index is 843. The fourth-order valence-electron chi connectivity index (χ4n) is 3.63. The van der Waals surface area contributed by atoms with Crippen LogP contribution in [0.15, 0.2) is 54.6 Å². The van der Waals surface area contributed by atoms with Crippen molar-refractivity contribution in [3.05, 3.63) is 54.6 Å². The standard InChI is InChI=1S/C24H29N2O4P/c1-25-16-10-7-11-17(26-2)22(16)31(23-18(27-3)12-8-13-19(23)28-4)24-20(29-5)14-9-15-21(24)30-6/h7-15,25-26H,1-6H3. The number of anilines is 2. The third-order valence-corrected chi connectivity index (χ3v) is 7.75. The molecule has 0 aromatic heterocycles. The van der Waals surface area contributed by atoms with E-state index in [0.29, 0.717) is 0 Å². The Labute approximate surface area is 185 Å². The summed E-state index contributed by atoms with van der Waals surface area (Å²) in [7, 11) is 9.31. The van der Waals surface area contributed by atoms with Crippen LogP contribution in [0.5, 0.6) is 23.0 Å². The van der Waals surface area contributed by atoms with Crippen molar-refractivity contribution >= 4 is 35.2 Å². The summed E-state index contributed by atoms with van der Waals surface area (Å²) in [6.07, 6.45) is 0. The molecule has 6 nitrogen and oxygen atoms in total. The molecular formula is C24H29N2O4P. The maximum atomic E-state index is 5.82. The SMILES string of the molecule is CNc1cccc(NC)c1P(c1c(OC)cccc1OC)c1c(OC)cccc1OC. The van der Waals surface area contributed by atoms with E-state index in [4.69, 9.17) is 18.9 Å². The Balaban J connectivity index is 2.52. The first-order chi connectivity index (χ1) is 15.1. The van der Waals surface area contributed by atoms with Gasteiger partial charge in [-0.2, -0.15) is 0 Å². The number of hydrogen-bond acceptors (Lipinski definition) is 6. The van der Waals surface area contributed by atoms with Gasteiger partial charge in [0, 0.05) is 38.7 Å². The zero-order valence-electron chi connectivity index (χ0n) is 18.8. The Morgan fingerprint density at radius 1 is 0.516 bits per heavy atom. The van der Waals surface area contributed by atoms with Crippen molar-refractivity contribution in [3.63, 3.8) is 0 Å². The summed E-state index contributed by atoms with van der Waals surface area (Å²) in [5, 5.41) is 9.69. The molecule has 2 N–H and O–H groups in total. The van der Waals surface area contributed by atoms with Gasteiger partial charge in [0.2, 0.25) is 0 Å². The van der Waals surface area contributed by atoms with E-state index in [1.54, 1.807) is 28.4 Å². The van der Waals surface area contributed by atoms with Gasteiger partial charge in [0.1, 0.15) is 23.0 Å². The molecule has 0 aliphatic carbocycles. The van der Waals surface area contributed by atoms with Gasteiger partial charge in [0.05, 0.1) is 39.0 Å². The second kappa shape index (κ2) is 10.3. The second-order valence-corrected chi connectivity index (χ2v) is 8.57. The molecule has 0 amide bonds. The quantitative estimate of drug-likeness (QED) is 0.496. The monoisotopic (exact) mass is 440 g/mol. The molecule has 0 saturated heterocycles. The van der Waals surface area contributed by atoms with Crippen LogP contribution in [-0.4, -0.2) is 42.5 Å². The van der Waals surface area contributed by atoms with Gasteiger partial charge in [-0.15, -0.1) is 0 Å². The fraction of sp³-hybridized carbons (Fsp3) is 0.250. The molecule has 7 heteroatoms.